The maximum atomic E-state index is 10.8. The molecule has 1 atom stereocenters. The van der Waals surface area contributed by atoms with Crippen molar-refractivity contribution >= 4 is 11.5 Å². The molecule has 0 aliphatic carbocycles. The third-order valence-corrected chi connectivity index (χ3v) is 4.48. The van der Waals surface area contributed by atoms with Crippen LogP contribution in [0.3, 0.4) is 0 Å². The van der Waals surface area contributed by atoms with E-state index in [-0.39, 0.29) is 12.6 Å². The van der Waals surface area contributed by atoms with Crippen molar-refractivity contribution in [1.29, 1.82) is 0 Å². The minimum absolute atomic E-state index is 0.0625. The zero-order valence-electron chi connectivity index (χ0n) is 15.8. The average molecular weight is 393 g/mol. The van der Waals surface area contributed by atoms with Gasteiger partial charge in [0.05, 0.1) is 12.4 Å². The summed E-state index contributed by atoms with van der Waals surface area (Å²) in [4.78, 5) is 20.2. The van der Waals surface area contributed by atoms with Crippen molar-refractivity contribution in [3.05, 3.63) is 96.3 Å². The Kier molecular flexibility index (Phi) is 7.16. The van der Waals surface area contributed by atoms with Crippen molar-refractivity contribution in [3.63, 3.8) is 0 Å². The number of carboxylic acids is 1. The van der Waals surface area contributed by atoms with Crippen LogP contribution in [0.1, 0.15) is 17.2 Å². The highest BCUT2D eigenvalue weighted by Gasteiger charge is 2.24. The zero-order valence-corrected chi connectivity index (χ0v) is 15.8. The summed E-state index contributed by atoms with van der Waals surface area (Å²) in [5.74, 6) is 4.91. The van der Waals surface area contributed by atoms with E-state index in [0.29, 0.717) is 12.2 Å². The van der Waals surface area contributed by atoms with Crippen LogP contribution in [0.4, 0.5) is 0 Å². The summed E-state index contributed by atoms with van der Waals surface area (Å²) in [7, 11) is 0. The second-order valence-electron chi connectivity index (χ2n) is 6.42. The van der Waals surface area contributed by atoms with E-state index in [1.165, 1.54) is 0 Å². The number of benzene rings is 2. The van der Waals surface area contributed by atoms with Crippen LogP contribution < -0.4 is 5.90 Å². The first kappa shape index (κ1) is 20.3. The van der Waals surface area contributed by atoms with Crippen molar-refractivity contribution < 1.29 is 19.5 Å². The Hall–Kier alpha value is -3.42. The molecule has 7 heteroatoms. The Morgan fingerprint density at radius 1 is 1.07 bits per heavy atom. The predicted molar refractivity (Wildman–Crippen MR) is 108 cm³/mol. The predicted octanol–water partition coefficient (Wildman–Crippen LogP) is 3.07. The fourth-order valence-corrected chi connectivity index (χ4v) is 3.21. The van der Waals surface area contributed by atoms with Crippen LogP contribution in [0.2, 0.25) is 0 Å². The summed E-state index contributed by atoms with van der Waals surface area (Å²) in [6.07, 6.45) is 5.99. The largest absolute Gasteiger partial charge is 0.480 e. The third-order valence-electron chi connectivity index (χ3n) is 4.48. The molecule has 1 heterocycles. The molecule has 0 radical (unpaired) electrons. The van der Waals surface area contributed by atoms with Crippen molar-refractivity contribution in [2.45, 2.75) is 12.5 Å². The van der Waals surface area contributed by atoms with Crippen LogP contribution >= 0.6 is 0 Å². The molecule has 0 aliphatic heterocycles. The quantitative estimate of drug-likeness (QED) is 0.406. The fraction of sp³-hybridized carbons (Fsp3) is 0.182. The van der Waals surface area contributed by atoms with Gasteiger partial charge in [0.25, 0.3) is 0 Å². The number of ether oxygens (including phenoxy) is 1. The molecular formula is C22H23N3O4. The SMILES string of the molecule is NO/C(COCC(=O)O)=C(/c1ccccc1)C(Cc1ccccc1)n1ccnc1. The first-order valence-corrected chi connectivity index (χ1v) is 9.15. The molecule has 29 heavy (non-hydrogen) atoms. The van der Waals surface area contributed by atoms with E-state index in [4.69, 9.17) is 20.6 Å². The van der Waals surface area contributed by atoms with E-state index in [1.54, 1.807) is 12.5 Å². The Bertz CT molecular complexity index is 925. The average Bonchev–Trinajstić information content (AvgIpc) is 3.28. The van der Waals surface area contributed by atoms with Crippen molar-refractivity contribution in [3.8, 4) is 0 Å². The summed E-state index contributed by atoms with van der Waals surface area (Å²) < 4.78 is 7.26. The lowest BCUT2D eigenvalue weighted by Gasteiger charge is -2.25. The number of nitrogens with zero attached hydrogens (tertiary/aromatic N) is 2. The van der Waals surface area contributed by atoms with E-state index in [9.17, 15) is 4.79 Å². The zero-order chi connectivity index (χ0) is 20.5. The van der Waals surface area contributed by atoms with Gasteiger partial charge in [-0.1, -0.05) is 60.7 Å². The van der Waals surface area contributed by atoms with Gasteiger partial charge in [-0.3, -0.25) is 0 Å². The van der Waals surface area contributed by atoms with Crippen LogP contribution in [0, 0.1) is 0 Å². The summed E-state index contributed by atoms with van der Waals surface area (Å²) in [5.41, 5.74) is 2.84. The number of nitrogens with two attached hydrogens (primary N) is 1. The molecule has 0 saturated carbocycles. The molecule has 7 nitrogen and oxygen atoms in total. The van der Waals surface area contributed by atoms with E-state index >= 15 is 0 Å². The normalized spacial score (nSPS) is 12.9. The van der Waals surface area contributed by atoms with Gasteiger partial charge in [-0.2, -0.15) is 5.90 Å². The van der Waals surface area contributed by atoms with Gasteiger partial charge in [0, 0.05) is 18.0 Å². The molecule has 1 unspecified atom stereocenters. The lowest BCUT2D eigenvalue weighted by atomic mass is 9.92. The van der Waals surface area contributed by atoms with Crippen LogP contribution in [0.25, 0.3) is 5.57 Å². The van der Waals surface area contributed by atoms with Crippen LogP contribution in [0.5, 0.6) is 0 Å². The molecule has 0 aliphatic rings. The molecule has 3 aromatic rings. The molecule has 0 spiro atoms. The molecule has 0 fully saturated rings. The maximum absolute atomic E-state index is 10.8. The monoisotopic (exact) mass is 393 g/mol. The van der Waals surface area contributed by atoms with Crippen molar-refractivity contribution in [2.24, 2.45) is 5.90 Å². The number of carboxylic acid groups (broad SMARTS) is 1. The lowest BCUT2D eigenvalue weighted by molar-refractivity contribution is -0.142. The first-order valence-electron chi connectivity index (χ1n) is 9.15. The number of imidazole rings is 1. The van der Waals surface area contributed by atoms with Gasteiger partial charge in [0.2, 0.25) is 0 Å². The van der Waals surface area contributed by atoms with Crippen molar-refractivity contribution in [2.75, 3.05) is 13.2 Å². The number of hydrogen-bond acceptors (Lipinski definition) is 5. The molecule has 0 amide bonds. The highest BCUT2D eigenvalue weighted by molar-refractivity contribution is 5.71. The van der Waals surface area contributed by atoms with Gasteiger partial charge < -0.3 is 19.2 Å². The number of carbonyl (C=O) groups is 1. The van der Waals surface area contributed by atoms with Gasteiger partial charge in [-0.05, 0) is 17.5 Å². The second-order valence-corrected chi connectivity index (χ2v) is 6.42. The number of rotatable bonds is 10. The minimum atomic E-state index is -1.06. The standard InChI is InChI=1S/C22H23N3O4/c23-29-20(14-28-15-21(26)27)22(18-9-5-2-6-10-18)19(25-12-11-24-16-25)13-17-7-3-1-4-8-17/h1-12,16,19H,13-15,23H2,(H,26,27)/b22-20-. The van der Waals surface area contributed by atoms with Crippen LogP contribution in [0.15, 0.2) is 85.1 Å². The first-order chi connectivity index (χ1) is 14.2. The Morgan fingerprint density at radius 2 is 1.76 bits per heavy atom. The Balaban J connectivity index is 2.07. The molecule has 0 saturated heterocycles. The highest BCUT2D eigenvalue weighted by Crippen LogP contribution is 2.34. The molecular weight excluding hydrogens is 370 g/mol. The van der Waals surface area contributed by atoms with E-state index in [0.717, 1.165) is 16.7 Å². The highest BCUT2D eigenvalue weighted by atomic mass is 16.6. The molecule has 0 bridgehead atoms. The third kappa shape index (κ3) is 5.54. The van der Waals surface area contributed by atoms with E-state index in [1.807, 2.05) is 59.3 Å². The fourth-order valence-electron chi connectivity index (χ4n) is 3.21. The van der Waals surface area contributed by atoms with Gasteiger partial charge in [-0.15, -0.1) is 0 Å². The summed E-state index contributed by atoms with van der Waals surface area (Å²) >= 11 is 0. The number of aliphatic carboxylic acids is 1. The summed E-state index contributed by atoms with van der Waals surface area (Å²) in [5, 5.41) is 8.88. The molecule has 1 aromatic heterocycles. The Morgan fingerprint density at radius 3 is 2.34 bits per heavy atom. The van der Waals surface area contributed by atoms with Gasteiger partial charge in [0.15, 0.2) is 5.76 Å². The molecule has 150 valence electrons. The minimum Gasteiger partial charge on any atom is -0.480 e. The Labute approximate surface area is 169 Å². The van der Waals surface area contributed by atoms with Gasteiger partial charge >= 0.3 is 5.97 Å². The van der Waals surface area contributed by atoms with Gasteiger partial charge in [0.1, 0.15) is 13.2 Å². The number of aromatic nitrogens is 2. The van der Waals surface area contributed by atoms with Crippen LogP contribution in [-0.4, -0.2) is 33.8 Å². The van der Waals surface area contributed by atoms with Crippen LogP contribution in [-0.2, 0) is 20.8 Å². The summed E-state index contributed by atoms with van der Waals surface area (Å²) in [6, 6.07) is 19.6. The molecule has 3 rings (SSSR count). The number of hydrogen-bond donors (Lipinski definition) is 2. The van der Waals surface area contributed by atoms with E-state index < -0.39 is 12.6 Å². The smallest absolute Gasteiger partial charge is 0.329 e. The summed E-state index contributed by atoms with van der Waals surface area (Å²) in [6.45, 7) is -0.504. The maximum Gasteiger partial charge on any atom is 0.329 e. The molecule has 2 aromatic carbocycles. The topological polar surface area (TPSA) is 99.6 Å². The lowest BCUT2D eigenvalue weighted by Crippen LogP contribution is -2.19. The second kappa shape index (κ2) is 10.2. The number of allylic oxidation sites excluding steroid dienone is 1. The molecule has 3 N–H and O–H groups in total. The van der Waals surface area contributed by atoms with E-state index in [2.05, 4.69) is 17.1 Å². The van der Waals surface area contributed by atoms with Crippen molar-refractivity contribution in [1.82, 2.24) is 9.55 Å². The van der Waals surface area contributed by atoms with Gasteiger partial charge in [-0.25, -0.2) is 9.78 Å².